The molecule has 34 heavy (non-hydrogen) atoms. The quantitative estimate of drug-likeness (QED) is 0.640. The third-order valence-electron chi connectivity index (χ3n) is 7.13. The topological polar surface area (TPSA) is 121 Å². The van der Waals surface area contributed by atoms with Gasteiger partial charge in [-0.3, -0.25) is 14.6 Å². The molecule has 182 valence electrons. The van der Waals surface area contributed by atoms with Gasteiger partial charge in [-0.1, -0.05) is 0 Å². The summed E-state index contributed by atoms with van der Waals surface area (Å²) >= 11 is 0. The van der Waals surface area contributed by atoms with E-state index >= 15 is 0 Å². The summed E-state index contributed by atoms with van der Waals surface area (Å²) in [5.41, 5.74) is 2.31. The average molecular weight is 469 g/mol. The molecule has 0 bridgehead atoms. The molecule has 2 aliphatic heterocycles. The van der Waals surface area contributed by atoms with E-state index in [2.05, 4.69) is 39.2 Å². The van der Waals surface area contributed by atoms with Gasteiger partial charge in [0.15, 0.2) is 5.82 Å². The van der Waals surface area contributed by atoms with E-state index in [9.17, 15) is 4.79 Å². The zero-order chi connectivity index (χ0) is 24.2. The van der Waals surface area contributed by atoms with E-state index in [-0.39, 0.29) is 18.5 Å². The third-order valence-corrected chi connectivity index (χ3v) is 7.13. The molecule has 2 aromatic rings. The van der Waals surface area contributed by atoms with Crippen LogP contribution in [-0.4, -0.2) is 90.3 Å². The molecule has 3 aliphatic rings. The molecule has 0 aromatic carbocycles. The van der Waals surface area contributed by atoms with Gasteiger partial charge in [-0.05, 0) is 57.3 Å². The molecule has 2 N–H and O–H groups in total. The molecule has 0 spiro atoms. The second kappa shape index (κ2) is 10.4. The predicted molar refractivity (Wildman–Crippen MR) is 127 cm³/mol. The highest BCUT2D eigenvalue weighted by molar-refractivity contribution is 5.96. The van der Waals surface area contributed by atoms with Crippen molar-refractivity contribution in [1.29, 1.82) is 0 Å². The van der Waals surface area contributed by atoms with Crippen LogP contribution in [0.5, 0.6) is 0 Å². The van der Waals surface area contributed by atoms with Crippen LogP contribution in [0.1, 0.15) is 28.9 Å². The summed E-state index contributed by atoms with van der Waals surface area (Å²) in [7, 11) is 6.11. The number of fused-ring (bicyclic) bond motifs is 2. The standard InChI is InChI=1S/C23H30N6O2.CH2O2/c1-28(2)18-9-15-12-29(13-16(15)10-19(18)31-3)22-17-6-8-25-23(30)20(17)26-21(27-22)14-5-4-7-24-11-14;2-1-3/h4-5,7,11,15-16,18-19H,6,8-10,12-13H2,1-3H3,(H,25,30);1H,(H,2,3)/t15-,16+,18-,19-;/m1./s1. The summed E-state index contributed by atoms with van der Waals surface area (Å²) in [6.45, 7) is 2.29. The van der Waals surface area contributed by atoms with Gasteiger partial charge in [0, 0.05) is 56.3 Å². The van der Waals surface area contributed by atoms with Crippen LogP contribution in [0.4, 0.5) is 5.82 Å². The molecule has 1 saturated heterocycles. The highest BCUT2D eigenvalue weighted by atomic mass is 16.5. The van der Waals surface area contributed by atoms with Crippen LogP contribution in [-0.2, 0) is 16.0 Å². The van der Waals surface area contributed by atoms with Crippen LogP contribution in [0.25, 0.3) is 11.4 Å². The maximum atomic E-state index is 12.6. The number of nitrogens with zero attached hydrogens (tertiary/aromatic N) is 5. The normalized spacial score (nSPS) is 25.6. The lowest BCUT2D eigenvalue weighted by molar-refractivity contribution is -0.122. The number of nitrogens with one attached hydrogen (secondary N) is 1. The smallest absolute Gasteiger partial charge is 0.290 e. The number of rotatable bonds is 4. The Bertz CT molecular complexity index is 1020. The first kappa shape index (κ1) is 24.0. The molecular formula is C24H32N6O4. The fourth-order valence-corrected chi connectivity index (χ4v) is 5.52. The molecule has 10 heteroatoms. The van der Waals surface area contributed by atoms with Crippen molar-refractivity contribution in [2.75, 3.05) is 45.7 Å². The molecule has 1 amide bonds. The van der Waals surface area contributed by atoms with Crippen LogP contribution >= 0.6 is 0 Å². The van der Waals surface area contributed by atoms with Crippen LogP contribution < -0.4 is 10.2 Å². The number of amides is 1. The third kappa shape index (κ3) is 4.74. The van der Waals surface area contributed by atoms with Gasteiger partial charge in [0.05, 0.1) is 6.10 Å². The lowest BCUT2D eigenvalue weighted by Crippen LogP contribution is -2.47. The van der Waals surface area contributed by atoms with Crippen molar-refractivity contribution in [3.8, 4) is 11.4 Å². The second-order valence-electron chi connectivity index (χ2n) is 9.25. The monoisotopic (exact) mass is 468 g/mol. The number of likely N-dealkylation sites (N-methyl/N-ethyl adjacent to an activating group) is 1. The number of carboxylic acid groups (broad SMARTS) is 1. The van der Waals surface area contributed by atoms with Crippen molar-refractivity contribution in [1.82, 2.24) is 25.2 Å². The van der Waals surface area contributed by atoms with Gasteiger partial charge >= 0.3 is 0 Å². The Balaban J connectivity index is 0.000000868. The lowest BCUT2D eigenvalue weighted by atomic mass is 9.77. The van der Waals surface area contributed by atoms with Crippen LogP contribution in [0.15, 0.2) is 24.5 Å². The first-order chi connectivity index (χ1) is 16.5. The molecule has 5 rings (SSSR count). The van der Waals surface area contributed by atoms with Crippen LogP contribution in [0, 0.1) is 11.8 Å². The fraction of sp³-hybridized carbons (Fsp3) is 0.542. The number of carbonyl (C=O) groups excluding carboxylic acids is 1. The molecule has 1 saturated carbocycles. The number of pyridine rings is 1. The second-order valence-corrected chi connectivity index (χ2v) is 9.25. The highest BCUT2D eigenvalue weighted by Gasteiger charge is 2.44. The van der Waals surface area contributed by atoms with E-state index in [1.165, 1.54) is 0 Å². The van der Waals surface area contributed by atoms with E-state index in [4.69, 9.17) is 19.6 Å². The Morgan fingerprint density at radius 1 is 1.24 bits per heavy atom. The van der Waals surface area contributed by atoms with Gasteiger partial charge in [-0.2, -0.15) is 0 Å². The first-order valence-corrected chi connectivity index (χ1v) is 11.6. The molecule has 2 fully saturated rings. The van der Waals surface area contributed by atoms with Crippen LogP contribution in [0.3, 0.4) is 0 Å². The number of methoxy groups -OCH3 is 1. The van der Waals surface area contributed by atoms with Crippen LogP contribution in [0.2, 0.25) is 0 Å². The predicted octanol–water partition coefficient (Wildman–Crippen LogP) is 1.32. The van der Waals surface area contributed by atoms with E-state index in [1.54, 1.807) is 12.4 Å². The van der Waals surface area contributed by atoms with E-state index in [0.29, 0.717) is 35.9 Å². The van der Waals surface area contributed by atoms with Crippen molar-refractivity contribution in [2.24, 2.45) is 11.8 Å². The zero-order valence-corrected chi connectivity index (χ0v) is 19.8. The molecule has 2 aromatic heterocycles. The summed E-state index contributed by atoms with van der Waals surface area (Å²) in [5.74, 6) is 2.55. The molecule has 4 heterocycles. The molecular weight excluding hydrogens is 436 g/mol. The molecule has 0 unspecified atom stereocenters. The summed E-state index contributed by atoms with van der Waals surface area (Å²) < 4.78 is 5.85. The maximum Gasteiger partial charge on any atom is 0.290 e. The summed E-state index contributed by atoms with van der Waals surface area (Å²) in [6, 6.07) is 4.24. The van der Waals surface area contributed by atoms with Crippen molar-refractivity contribution >= 4 is 18.2 Å². The number of hydrogen-bond acceptors (Lipinski definition) is 8. The van der Waals surface area contributed by atoms with Crippen molar-refractivity contribution in [3.05, 3.63) is 35.8 Å². The average Bonchev–Trinajstić information content (AvgIpc) is 3.27. The van der Waals surface area contributed by atoms with Crippen molar-refractivity contribution in [3.63, 3.8) is 0 Å². The van der Waals surface area contributed by atoms with Gasteiger partial charge in [0.25, 0.3) is 12.4 Å². The highest BCUT2D eigenvalue weighted by Crippen LogP contribution is 2.41. The van der Waals surface area contributed by atoms with E-state index in [0.717, 1.165) is 49.3 Å². The first-order valence-electron chi connectivity index (χ1n) is 11.6. The van der Waals surface area contributed by atoms with Gasteiger partial charge in [-0.25, -0.2) is 9.97 Å². The van der Waals surface area contributed by atoms with E-state index < -0.39 is 0 Å². The molecule has 4 atom stereocenters. The maximum absolute atomic E-state index is 12.6. The largest absolute Gasteiger partial charge is 0.483 e. The summed E-state index contributed by atoms with van der Waals surface area (Å²) in [6.07, 6.45) is 6.68. The minimum absolute atomic E-state index is 0.112. The minimum atomic E-state index is -0.250. The van der Waals surface area contributed by atoms with Gasteiger partial charge in [0.2, 0.25) is 0 Å². The Morgan fingerprint density at radius 2 is 1.97 bits per heavy atom. The number of aromatic nitrogens is 3. The van der Waals surface area contributed by atoms with Crippen molar-refractivity contribution < 1.29 is 19.4 Å². The van der Waals surface area contributed by atoms with Crippen molar-refractivity contribution in [2.45, 2.75) is 31.4 Å². The molecule has 0 radical (unpaired) electrons. The number of ether oxygens (including phenoxy) is 1. The summed E-state index contributed by atoms with van der Waals surface area (Å²) in [5, 5.41) is 9.82. The Hall–Kier alpha value is -3.11. The molecule has 1 aliphatic carbocycles. The number of anilines is 1. The van der Waals surface area contributed by atoms with Gasteiger partial charge in [-0.15, -0.1) is 0 Å². The van der Waals surface area contributed by atoms with E-state index in [1.807, 2.05) is 19.2 Å². The van der Waals surface area contributed by atoms with Gasteiger partial charge in [0.1, 0.15) is 11.5 Å². The minimum Gasteiger partial charge on any atom is -0.483 e. The van der Waals surface area contributed by atoms with Gasteiger partial charge < -0.3 is 25.0 Å². The Morgan fingerprint density at radius 3 is 2.62 bits per heavy atom. The fourth-order valence-electron chi connectivity index (χ4n) is 5.52. The SMILES string of the molecule is CO[C@@H]1C[C@H]2CN(c3nc(-c4cccnc4)nc4c3CCNC4=O)C[C@H]2C[C@H]1N(C)C.O=CO. The summed E-state index contributed by atoms with van der Waals surface area (Å²) in [4.78, 5) is 39.5. The lowest BCUT2D eigenvalue weighted by Gasteiger charge is -2.40. The Labute approximate surface area is 199 Å². The molecule has 10 nitrogen and oxygen atoms in total. The number of hydrogen-bond donors (Lipinski definition) is 2. The number of carbonyl (C=O) groups is 2. The Kier molecular flexibility index (Phi) is 7.38. The zero-order valence-electron chi connectivity index (χ0n) is 19.8.